The fourth-order valence-corrected chi connectivity index (χ4v) is 4.14. The topological polar surface area (TPSA) is 52.0 Å². The molecule has 0 radical (unpaired) electrons. The van der Waals surface area contributed by atoms with Gasteiger partial charge < -0.3 is 4.57 Å². The van der Waals surface area contributed by atoms with E-state index >= 15 is 0 Å². The van der Waals surface area contributed by atoms with Gasteiger partial charge in [-0.3, -0.25) is 0 Å². The van der Waals surface area contributed by atoms with Crippen molar-refractivity contribution in [1.82, 2.24) is 9.55 Å². The molecule has 0 unspecified atom stereocenters. The summed E-state index contributed by atoms with van der Waals surface area (Å²) in [6.45, 7) is 7.84. The van der Waals surface area contributed by atoms with Gasteiger partial charge in [0.2, 0.25) is 15.0 Å². The van der Waals surface area contributed by atoms with E-state index < -0.39 is 9.84 Å². The lowest BCUT2D eigenvalue weighted by molar-refractivity contribution is 0.539. The number of nitrogens with zero attached hydrogens (tertiary/aromatic N) is 2. The second kappa shape index (κ2) is 4.68. The van der Waals surface area contributed by atoms with Crippen LogP contribution in [0.4, 0.5) is 0 Å². The van der Waals surface area contributed by atoms with Crippen LogP contribution in [-0.4, -0.2) is 23.7 Å². The van der Waals surface area contributed by atoms with E-state index in [9.17, 15) is 8.42 Å². The molecule has 1 saturated carbocycles. The molecule has 1 aliphatic carbocycles. The minimum atomic E-state index is -3.26. The molecule has 0 bridgehead atoms. The van der Waals surface area contributed by atoms with Gasteiger partial charge in [0.05, 0.1) is 11.4 Å². The largest absolute Gasteiger partial charge is 0.316 e. The summed E-state index contributed by atoms with van der Waals surface area (Å²) < 4.78 is 26.8. The molecular formula is C13H22N2O2S. The van der Waals surface area contributed by atoms with Crippen molar-refractivity contribution >= 4 is 9.84 Å². The SMILES string of the molecule is CC[C@@H](C)CS(=O)(=O)c1nc(C)c(C)n1C1CC1. The van der Waals surface area contributed by atoms with E-state index in [4.69, 9.17) is 0 Å². The summed E-state index contributed by atoms with van der Waals surface area (Å²) in [4.78, 5) is 4.31. The maximum absolute atomic E-state index is 12.4. The minimum Gasteiger partial charge on any atom is -0.316 e. The normalized spacial score (nSPS) is 18.0. The molecule has 1 aliphatic rings. The van der Waals surface area contributed by atoms with E-state index in [-0.39, 0.29) is 11.7 Å². The van der Waals surface area contributed by atoms with Crippen LogP contribution < -0.4 is 0 Å². The predicted octanol–water partition coefficient (Wildman–Crippen LogP) is 2.65. The van der Waals surface area contributed by atoms with Crippen LogP contribution in [0.5, 0.6) is 0 Å². The highest BCUT2D eigenvalue weighted by atomic mass is 32.2. The third-order valence-corrected chi connectivity index (χ3v) is 5.60. The lowest BCUT2D eigenvalue weighted by Crippen LogP contribution is -2.18. The van der Waals surface area contributed by atoms with Crippen LogP contribution in [0.15, 0.2) is 5.16 Å². The second-order valence-corrected chi connectivity index (χ2v) is 7.39. The van der Waals surface area contributed by atoms with Crippen LogP contribution in [-0.2, 0) is 9.84 Å². The van der Waals surface area contributed by atoms with E-state index in [1.54, 1.807) is 0 Å². The Morgan fingerprint density at radius 1 is 1.39 bits per heavy atom. The van der Waals surface area contributed by atoms with Crippen LogP contribution in [0, 0.1) is 19.8 Å². The van der Waals surface area contributed by atoms with E-state index in [1.807, 2.05) is 32.3 Å². The monoisotopic (exact) mass is 270 g/mol. The molecule has 102 valence electrons. The Labute approximate surface area is 109 Å². The highest BCUT2D eigenvalue weighted by molar-refractivity contribution is 7.91. The van der Waals surface area contributed by atoms with E-state index in [2.05, 4.69) is 4.98 Å². The highest BCUT2D eigenvalue weighted by Gasteiger charge is 2.33. The van der Waals surface area contributed by atoms with Gasteiger partial charge in [-0.15, -0.1) is 0 Å². The summed E-state index contributed by atoms with van der Waals surface area (Å²) in [5.41, 5.74) is 1.84. The summed E-state index contributed by atoms with van der Waals surface area (Å²) in [5, 5.41) is 0.292. The number of sulfone groups is 1. The lowest BCUT2D eigenvalue weighted by Gasteiger charge is -2.12. The smallest absolute Gasteiger partial charge is 0.228 e. The standard InChI is InChI=1S/C13H22N2O2S/c1-5-9(2)8-18(16,17)13-14-10(3)11(4)15(13)12-6-7-12/h9,12H,5-8H2,1-4H3/t9-/m1/s1. The van der Waals surface area contributed by atoms with Gasteiger partial charge in [0.1, 0.15) is 0 Å². The zero-order chi connectivity index (χ0) is 13.5. The van der Waals surface area contributed by atoms with Crippen molar-refractivity contribution < 1.29 is 8.42 Å². The summed E-state index contributed by atoms with van der Waals surface area (Å²) in [6, 6.07) is 0.355. The number of hydrogen-bond donors (Lipinski definition) is 0. The van der Waals surface area contributed by atoms with Gasteiger partial charge in [-0.05, 0) is 32.6 Å². The average Bonchev–Trinajstić information content (AvgIpc) is 3.07. The first-order valence-electron chi connectivity index (χ1n) is 6.65. The Bertz CT molecular complexity index is 542. The van der Waals surface area contributed by atoms with Gasteiger partial charge in [-0.25, -0.2) is 13.4 Å². The number of rotatable bonds is 5. The molecule has 0 saturated heterocycles. The van der Waals surface area contributed by atoms with E-state index in [0.717, 1.165) is 30.7 Å². The molecule has 1 atom stereocenters. The van der Waals surface area contributed by atoms with Gasteiger partial charge in [-0.1, -0.05) is 20.3 Å². The summed E-state index contributed by atoms with van der Waals surface area (Å²) in [7, 11) is -3.26. The Balaban J connectivity index is 2.41. The molecule has 0 amide bonds. The molecule has 1 heterocycles. The molecule has 0 aliphatic heterocycles. The number of aromatic nitrogens is 2. The summed E-state index contributed by atoms with van der Waals surface area (Å²) in [6.07, 6.45) is 3.02. The number of imidazole rings is 1. The van der Waals surface area contributed by atoms with Crippen molar-refractivity contribution in [2.75, 3.05) is 5.75 Å². The Hall–Kier alpha value is -0.840. The van der Waals surface area contributed by atoms with Crippen molar-refractivity contribution in [1.29, 1.82) is 0 Å². The summed E-state index contributed by atoms with van der Waals surface area (Å²) in [5.74, 6) is 0.381. The maximum atomic E-state index is 12.4. The van der Waals surface area contributed by atoms with Crippen LogP contribution in [0.3, 0.4) is 0 Å². The fraction of sp³-hybridized carbons (Fsp3) is 0.769. The zero-order valence-electron chi connectivity index (χ0n) is 11.6. The third kappa shape index (κ3) is 2.46. The Kier molecular flexibility index (Phi) is 3.54. The molecule has 2 rings (SSSR count). The van der Waals surface area contributed by atoms with Crippen molar-refractivity contribution in [2.24, 2.45) is 5.92 Å². The van der Waals surface area contributed by atoms with Crippen LogP contribution in [0.1, 0.15) is 50.5 Å². The van der Waals surface area contributed by atoms with Gasteiger partial charge in [0.15, 0.2) is 0 Å². The molecule has 0 aromatic carbocycles. The van der Waals surface area contributed by atoms with Crippen molar-refractivity contribution in [3.05, 3.63) is 11.4 Å². The van der Waals surface area contributed by atoms with Gasteiger partial charge in [0.25, 0.3) is 0 Å². The lowest BCUT2D eigenvalue weighted by atomic mass is 10.2. The Morgan fingerprint density at radius 3 is 2.50 bits per heavy atom. The first kappa shape index (κ1) is 13.6. The predicted molar refractivity (Wildman–Crippen MR) is 71.5 cm³/mol. The zero-order valence-corrected chi connectivity index (χ0v) is 12.4. The first-order chi connectivity index (χ1) is 8.36. The van der Waals surface area contributed by atoms with Crippen molar-refractivity contribution in [3.8, 4) is 0 Å². The van der Waals surface area contributed by atoms with Crippen molar-refractivity contribution in [3.63, 3.8) is 0 Å². The molecule has 1 aromatic rings. The molecule has 0 spiro atoms. The highest BCUT2D eigenvalue weighted by Crippen LogP contribution is 2.39. The minimum absolute atomic E-state index is 0.181. The van der Waals surface area contributed by atoms with E-state index in [1.165, 1.54) is 0 Å². The van der Waals surface area contributed by atoms with Crippen LogP contribution in [0.2, 0.25) is 0 Å². The van der Waals surface area contributed by atoms with Crippen molar-refractivity contribution in [2.45, 2.75) is 58.2 Å². The average molecular weight is 270 g/mol. The molecular weight excluding hydrogens is 248 g/mol. The molecule has 18 heavy (non-hydrogen) atoms. The maximum Gasteiger partial charge on any atom is 0.228 e. The molecule has 4 nitrogen and oxygen atoms in total. The molecule has 0 N–H and O–H groups in total. The number of aryl methyl sites for hydroxylation is 1. The summed E-state index contributed by atoms with van der Waals surface area (Å²) >= 11 is 0. The van der Waals surface area contributed by atoms with Gasteiger partial charge in [-0.2, -0.15) is 0 Å². The fourth-order valence-electron chi connectivity index (χ4n) is 2.15. The Morgan fingerprint density at radius 2 is 2.00 bits per heavy atom. The molecule has 1 aromatic heterocycles. The van der Waals surface area contributed by atoms with Gasteiger partial charge in [0, 0.05) is 11.7 Å². The number of hydrogen-bond acceptors (Lipinski definition) is 3. The van der Waals surface area contributed by atoms with Crippen LogP contribution in [0.25, 0.3) is 0 Å². The molecule has 5 heteroatoms. The van der Waals surface area contributed by atoms with Gasteiger partial charge >= 0.3 is 0 Å². The third-order valence-electron chi connectivity index (χ3n) is 3.75. The second-order valence-electron chi connectivity index (χ2n) is 5.46. The van der Waals surface area contributed by atoms with Crippen LogP contribution >= 0.6 is 0 Å². The first-order valence-corrected chi connectivity index (χ1v) is 8.30. The quantitative estimate of drug-likeness (QED) is 0.826. The van der Waals surface area contributed by atoms with E-state index in [0.29, 0.717) is 11.2 Å². The molecule has 1 fully saturated rings.